The molecule has 0 saturated carbocycles. The van der Waals surface area contributed by atoms with Crippen LogP contribution in [-0.4, -0.2) is 45.2 Å². The number of amides is 1. The molecule has 1 aliphatic heterocycles. The van der Waals surface area contributed by atoms with Crippen LogP contribution >= 0.6 is 0 Å². The van der Waals surface area contributed by atoms with E-state index in [1.807, 2.05) is 28.8 Å². The molecule has 0 aliphatic carbocycles. The molecule has 1 aromatic heterocycles. The molecule has 1 aliphatic rings. The predicted molar refractivity (Wildman–Crippen MR) is 101 cm³/mol. The van der Waals surface area contributed by atoms with Gasteiger partial charge in [-0.3, -0.25) is 9.36 Å². The number of carbonyl (C=O) groups is 1. The molecule has 2 heterocycles. The summed E-state index contributed by atoms with van der Waals surface area (Å²) >= 11 is 0. The maximum Gasteiger partial charge on any atom is 0.326 e. The zero-order valence-electron chi connectivity index (χ0n) is 14.8. The lowest BCUT2D eigenvalue weighted by molar-refractivity contribution is -0.134. The van der Waals surface area contributed by atoms with Gasteiger partial charge in [0.25, 0.3) is 5.91 Å². The SMILES string of the molecule is O=C(COc1ccc(O)cc1)N1CCC(n2c(=O)[nH]c3ccccc32)CC1. The molecule has 140 valence electrons. The number of para-hydroxylation sites is 2. The number of nitrogens with one attached hydrogen (secondary N) is 1. The van der Waals surface area contributed by atoms with Gasteiger partial charge in [0.1, 0.15) is 11.5 Å². The van der Waals surface area contributed by atoms with Gasteiger partial charge in [-0.2, -0.15) is 0 Å². The predicted octanol–water partition coefficient (Wildman–Crippen LogP) is 2.28. The summed E-state index contributed by atoms with van der Waals surface area (Å²) in [5.41, 5.74) is 1.64. The summed E-state index contributed by atoms with van der Waals surface area (Å²) in [7, 11) is 0. The van der Waals surface area contributed by atoms with Crippen molar-refractivity contribution in [2.45, 2.75) is 18.9 Å². The normalized spacial score (nSPS) is 15.2. The minimum Gasteiger partial charge on any atom is -0.508 e. The summed E-state index contributed by atoms with van der Waals surface area (Å²) in [6.07, 6.45) is 1.46. The standard InChI is InChI=1S/C20H21N3O4/c24-15-5-7-16(8-6-15)27-13-19(25)22-11-9-14(10-12-22)23-18-4-2-1-3-17(18)21-20(23)26/h1-8,14,24H,9-13H2,(H,21,26). The average Bonchev–Trinajstić information content (AvgIpc) is 3.03. The van der Waals surface area contributed by atoms with Gasteiger partial charge >= 0.3 is 5.69 Å². The van der Waals surface area contributed by atoms with Gasteiger partial charge < -0.3 is 19.7 Å². The van der Waals surface area contributed by atoms with Crippen molar-refractivity contribution in [1.29, 1.82) is 0 Å². The quantitative estimate of drug-likeness (QED) is 0.741. The van der Waals surface area contributed by atoms with E-state index in [2.05, 4.69) is 4.98 Å². The van der Waals surface area contributed by atoms with E-state index in [0.29, 0.717) is 18.8 Å². The van der Waals surface area contributed by atoms with E-state index < -0.39 is 0 Å². The van der Waals surface area contributed by atoms with E-state index in [4.69, 9.17) is 4.74 Å². The van der Waals surface area contributed by atoms with E-state index in [-0.39, 0.29) is 30.0 Å². The number of H-pyrrole nitrogens is 1. The number of fused-ring (bicyclic) bond motifs is 1. The van der Waals surface area contributed by atoms with Gasteiger partial charge in [-0.05, 0) is 49.2 Å². The van der Waals surface area contributed by atoms with Crippen molar-refractivity contribution in [1.82, 2.24) is 14.5 Å². The first-order valence-electron chi connectivity index (χ1n) is 9.00. The second-order valence-corrected chi connectivity index (χ2v) is 6.71. The second-order valence-electron chi connectivity index (χ2n) is 6.71. The van der Waals surface area contributed by atoms with Crippen LogP contribution in [0.15, 0.2) is 53.3 Å². The molecule has 0 bridgehead atoms. The Bertz CT molecular complexity index is 998. The number of piperidine rings is 1. The number of imidazole rings is 1. The van der Waals surface area contributed by atoms with Crippen molar-refractivity contribution >= 4 is 16.9 Å². The number of aromatic amines is 1. The number of aromatic hydroxyl groups is 1. The van der Waals surface area contributed by atoms with Crippen LogP contribution in [0.1, 0.15) is 18.9 Å². The van der Waals surface area contributed by atoms with Crippen molar-refractivity contribution in [3.8, 4) is 11.5 Å². The number of aromatic nitrogens is 2. The molecule has 7 nitrogen and oxygen atoms in total. The number of rotatable bonds is 4. The molecule has 27 heavy (non-hydrogen) atoms. The van der Waals surface area contributed by atoms with Gasteiger partial charge in [0.05, 0.1) is 11.0 Å². The number of phenolic OH excluding ortho intramolecular Hbond substituents is 1. The number of ether oxygens (including phenoxy) is 1. The summed E-state index contributed by atoms with van der Waals surface area (Å²) in [6.45, 7) is 1.14. The van der Waals surface area contributed by atoms with Gasteiger partial charge in [-0.25, -0.2) is 4.79 Å². The fraction of sp³-hybridized carbons (Fsp3) is 0.300. The molecule has 0 atom stereocenters. The largest absolute Gasteiger partial charge is 0.508 e. The third-order valence-electron chi connectivity index (χ3n) is 5.01. The van der Waals surface area contributed by atoms with Gasteiger partial charge in [0, 0.05) is 19.1 Å². The minimum absolute atomic E-state index is 0.0392. The summed E-state index contributed by atoms with van der Waals surface area (Å²) in [5.74, 6) is 0.623. The van der Waals surface area contributed by atoms with E-state index in [1.165, 1.54) is 12.1 Å². The molecule has 3 aromatic rings. The van der Waals surface area contributed by atoms with E-state index in [9.17, 15) is 14.7 Å². The lowest BCUT2D eigenvalue weighted by atomic mass is 10.0. The Balaban J connectivity index is 1.37. The molecule has 1 saturated heterocycles. The zero-order chi connectivity index (χ0) is 18.8. The molecule has 0 spiro atoms. The number of nitrogens with zero attached hydrogens (tertiary/aromatic N) is 2. The Hall–Kier alpha value is -3.22. The van der Waals surface area contributed by atoms with Crippen LogP contribution < -0.4 is 10.4 Å². The topological polar surface area (TPSA) is 87.6 Å². The van der Waals surface area contributed by atoms with Gasteiger partial charge in [-0.15, -0.1) is 0 Å². The molecule has 7 heteroatoms. The van der Waals surface area contributed by atoms with Crippen molar-refractivity contribution in [2.24, 2.45) is 0 Å². The Morgan fingerprint density at radius 1 is 1.11 bits per heavy atom. The van der Waals surface area contributed by atoms with E-state index >= 15 is 0 Å². The highest BCUT2D eigenvalue weighted by atomic mass is 16.5. The molecule has 2 N–H and O–H groups in total. The Morgan fingerprint density at radius 3 is 2.56 bits per heavy atom. The summed E-state index contributed by atoms with van der Waals surface area (Å²) in [5, 5.41) is 9.27. The van der Waals surface area contributed by atoms with Crippen LogP contribution in [0.25, 0.3) is 11.0 Å². The van der Waals surface area contributed by atoms with Crippen LogP contribution in [0.2, 0.25) is 0 Å². The second kappa shape index (κ2) is 7.19. The Morgan fingerprint density at radius 2 is 1.81 bits per heavy atom. The lowest BCUT2D eigenvalue weighted by Crippen LogP contribution is -2.42. The lowest BCUT2D eigenvalue weighted by Gasteiger charge is -2.32. The van der Waals surface area contributed by atoms with Crippen molar-refractivity contribution in [3.63, 3.8) is 0 Å². The third-order valence-corrected chi connectivity index (χ3v) is 5.01. The number of hydrogen-bond acceptors (Lipinski definition) is 4. The highest BCUT2D eigenvalue weighted by Gasteiger charge is 2.26. The maximum absolute atomic E-state index is 12.4. The Kier molecular flexibility index (Phi) is 4.58. The summed E-state index contributed by atoms with van der Waals surface area (Å²) in [4.78, 5) is 29.4. The molecule has 2 aromatic carbocycles. The van der Waals surface area contributed by atoms with Crippen LogP contribution in [0.4, 0.5) is 0 Å². The summed E-state index contributed by atoms with van der Waals surface area (Å²) in [6, 6.07) is 14.0. The van der Waals surface area contributed by atoms with Crippen molar-refractivity contribution in [3.05, 3.63) is 59.0 Å². The van der Waals surface area contributed by atoms with E-state index in [0.717, 1.165) is 23.9 Å². The first-order chi connectivity index (χ1) is 13.1. The summed E-state index contributed by atoms with van der Waals surface area (Å²) < 4.78 is 7.30. The number of likely N-dealkylation sites (tertiary alicyclic amines) is 1. The highest BCUT2D eigenvalue weighted by Crippen LogP contribution is 2.25. The van der Waals surface area contributed by atoms with Gasteiger partial charge in [0.2, 0.25) is 0 Å². The van der Waals surface area contributed by atoms with Crippen molar-refractivity contribution in [2.75, 3.05) is 19.7 Å². The molecule has 4 rings (SSSR count). The van der Waals surface area contributed by atoms with Gasteiger partial charge in [0.15, 0.2) is 6.61 Å². The van der Waals surface area contributed by atoms with Crippen LogP contribution in [0.5, 0.6) is 11.5 Å². The molecule has 0 radical (unpaired) electrons. The minimum atomic E-state index is -0.100. The molecule has 1 fully saturated rings. The number of carbonyl (C=O) groups excluding carboxylic acids is 1. The molecule has 0 unspecified atom stereocenters. The third kappa shape index (κ3) is 3.53. The fourth-order valence-electron chi connectivity index (χ4n) is 3.59. The number of hydrogen-bond donors (Lipinski definition) is 2. The van der Waals surface area contributed by atoms with Crippen LogP contribution in [0, 0.1) is 0 Å². The fourth-order valence-corrected chi connectivity index (χ4v) is 3.59. The van der Waals surface area contributed by atoms with E-state index in [1.54, 1.807) is 17.0 Å². The Labute approximate surface area is 155 Å². The molecule has 1 amide bonds. The average molecular weight is 367 g/mol. The number of phenols is 1. The highest BCUT2D eigenvalue weighted by molar-refractivity contribution is 5.78. The first-order valence-corrected chi connectivity index (χ1v) is 9.00. The first kappa shape index (κ1) is 17.2. The maximum atomic E-state index is 12.4. The molecular weight excluding hydrogens is 346 g/mol. The van der Waals surface area contributed by atoms with Gasteiger partial charge in [-0.1, -0.05) is 12.1 Å². The zero-order valence-corrected chi connectivity index (χ0v) is 14.8. The van der Waals surface area contributed by atoms with Crippen LogP contribution in [0.3, 0.4) is 0 Å². The van der Waals surface area contributed by atoms with Crippen molar-refractivity contribution < 1.29 is 14.6 Å². The van der Waals surface area contributed by atoms with Crippen LogP contribution in [-0.2, 0) is 4.79 Å². The monoisotopic (exact) mass is 367 g/mol. The smallest absolute Gasteiger partial charge is 0.326 e. The molecular formula is C20H21N3O4. The number of benzene rings is 2.